The summed E-state index contributed by atoms with van der Waals surface area (Å²) in [6.07, 6.45) is 0. The van der Waals surface area contributed by atoms with E-state index < -0.39 is 5.97 Å². The predicted octanol–water partition coefficient (Wildman–Crippen LogP) is 2.18. The number of benzene rings is 1. The molecule has 0 spiro atoms. The van der Waals surface area contributed by atoms with Gasteiger partial charge in [0.2, 0.25) is 0 Å². The molecule has 2 aromatic rings. The lowest BCUT2D eigenvalue weighted by Gasteiger charge is -2.07. The molecule has 22 heavy (non-hydrogen) atoms. The third-order valence-corrected chi connectivity index (χ3v) is 2.61. The van der Waals surface area contributed by atoms with Crippen molar-refractivity contribution in [2.75, 3.05) is 18.5 Å². The fourth-order valence-electron chi connectivity index (χ4n) is 1.68. The second-order valence-electron chi connectivity index (χ2n) is 4.41. The number of carbonyl (C=O) groups excluding carboxylic acids is 2. The van der Waals surface area contributed by atoms with Crippen molar-refractivity contribution in [2.24, 2.45) is 0 Å². The molecule has 0 aliphatic carbocycles. The zero-order valence-electron chi connectivity index (χ0n) is 12.3. The summed E-state index contributed by atoms with van der Waals surface area (Å²) < 4.78 is 15.1. The Morgan fingerprint density at radius 1 is 1.32 bits per heavy atom. The van der Waals surface area contributed by atoms with Crippen molar-refractivity contribution in [3.63, 3.8) is 0 Å². The summed E-state index contributed by atoms with van der Waals surface area (Å²) >= 11 is 0. The Hall–Kier alpha value is -2.83. The number of rotatable bonds is 6. The van der Waals surface area contributed by atoms with E-state index in [0.29, 0.717) is 29.5 Å². The Morgan fingerprint density at radius 3 is 2.82 bits per heavy atom. The van der Waals surface area contributed by atoms with Crippen molar-refractivity contribution in [1.82, 2.24) is 5.16 Å². The number of aryl methyl sites for hydroxylation is 1. The van der Waals surface area contributed by atoms with Crippen molar-refractivity contribution in [1.29, 1.82) is 0 Å². The molecule has 1 aromatic heterocycles. The molecule has 0 fully saturated rings. The molecule has 0 saturated heterocycles. The summed E-state index contributed by atoms with van der Waals surface area (Å²) in [6, 6.07) is 8.03. The molecule has 0 radical (unpaired) electrons. The molecule has 116 valence electrons. The zero-order chi connectivity index (χ0) is 15.9. The van der Waals surface area contributed by atoms with Gasteiger partial charge in [0.15, 0.2) is 12.4 Å². The number of amides is 1. The molecule has 0 bridgehead atoms. The van der Waals surface area contributed by atoms with Crippen LogP contribution in [0.1, 0.15) is 23.0 Å². The van der Waals surface area contributed by atoms with E-state index >= 15 is 0 Å². The molecule has 7 nitrogen and oxygen atoms in total. The first-order valence-corrected chi connectivity index (χ1v) is 6.71. The molecule has 0 atom stereocenters. The normalized spacial score (nSPS) is 10.1. The summed E-state index contributed by atoms with van der Waals surface area (Å²) in [5, 5.41) is 6.18. The topological polar surface area (TPSA) is 90.7 Å². The maximum atomic E-state index is 11.7. The van der Waals surface area contributed by atoms with Crippen molar-refractivity contribution < 1.29 is 23.6 Å². The lowest BCUT2D eigenvalue weighted by atomic mass is 10.2. The first kappa shape index (κ1) is 15.6. The van der Waals surface area contributed by atoms with Gasteiger partial charge in [-0.05, 0) is 32.0 Å². The summed E-state index contributed by atoms with van der Waals surface area (Å²) in [6.45, 7) is 3.54. The minimum atomic E-state index is -0.435. The van der Waals surface area contributed by atoms with E-state index in [9.17, 15) is 9.59 Å². The lowest BCUT2D eigenvalue weighted by molar-refractivity contribution is -0.118. The summed E-state index contributed by atoms with van der Waals surface area (Å²) in [4.78, 5) is 23.3. The van der Waals surface area contributed by atoms with Crippen LogP contribution in [-0.4, -0.2) is 30.2 Å². The number of hydrogen-bond donors (Lipinski definition) is 1. The van der Waals surface area contributed by atoms with E-state index in [-0.39, 0.29) is 12.5 Å². The van der Waals surface area contributed by atoms with Crippen LogP contribution in [0.15, 0.2) is 34.9 Å². The van der Waals surface area contributed by atoms with Crippen LogP contribution in [0.4, 0.5) is 5.82 Å². The van der Waals surface area contributed by atoms with Gasteiger partial charge < -0.3 is 19.3 Å². The number of nitrogens with one attached hydrogen (secondary N) is 1. The number of ether oxygens (including phenoxy) is 2. The van der Waals surface area contributed by atoms with Gasteiger partial charge in [-0.2, -0.15) is 0 Å². The number of aromatic nitrogens is 1. The van der Waals surface area contributed by atoms with Crippen LogP contribution in [0.2, 0.25) is 0 Å². The second kappa shape index (κ2) is 7.26. The first-order chi connectivity index (χ1) is 10.6. The van der Waals surface area contributed by atoms with Crippen LogP contribution in [0.25, 0.3) is 0 Å². The molecule has 1 heterocycles. The van der Waals surface area contributed by atoms with Gasteiger partial charge in [0.1, 0.15) is 11.5 Å². The van der Waals surface area contributed by atoms with Gasteiger partial charge >= 0.3 is 5.97 Å². The third-order valence-electron chi connectivity index (χ3n) is 2.61. The number of carbonyl (C=O) groups is 2. The van der Waals surface area contributed by atoms with Gasteiger partial charge in [0, 0.05) is 6.07 Å². The minimum absolute atomic E-state index is 0.210. The van der Waals surface area contributed by atoms with Crippen LogP contribution in [-0.2, 0) is 9.53 Å². The van der Waals surface area contributed by atoms with Gasteiger partial charge in [-0.15, -0.1) is 0 Å². The van der Waals surface area contributed by atoms with Crippen LogP contribution in [0, 0.1) is 6.92 Å². The largest absolute Gasteiger partial charge is 0.484 e. The standard InChI is InChI=1S/C15H16N2O5/c1-3-20-15(19)11-5-4-6-12(8-11)21-9-14(18)16-13-7-10(2)22-17-13/h4-8H,3,9H2,1-2H3,(H,16,17,18). The predicted molar refractivity (Wildman–Crippen MR) is 77.8 cm³/mol. The van der Waals surface area contributed by atoms with Gasteiger partial charge in [-0.25, -0.2) is 4.79 Å². The highest BCUT2D eigenvalue weighted by Gasteiger charge is 2.10. The summed E-state index contributed by atoms with van der Waals surface area (Å²) in [5.74, 6) is 0.507. The monoisotopic (exact) mass is 304 g/mol. The average Bonchev–Trinajstić information content (AvgIpc) is 2.91. The Bertz CT molecular complexity index is 665. The number of esters is 1. The average molecular weight is 304 g/mol. The Kier molecular flexibility index (Phi) is 5.13. The highest BCUT2D eigenvalue weighted by Crippen LogP contribution is 2.14. The zero-order valence-corrected chi connectivity index (χ0v) is 12.3. The van der Waals surface area contributed by atoms with Crippen LogP contribution in [0.3, 0.4) is 0 Å². The summed E-state index contributed by atoms with van der Waals surface area (Å²) in [7, 11) is 0. The quantitative estimate of drug-likeness (QED) is 0.823. The molecule has 0 aliphatic rings. The maximum absolute atomic E-state index is 11.7. The molecule has 1 amide bonds. The van der Waals surface area contributed by atoms with Gasteiger partial charge in [-0.1, -0.05) is 11.2 Å². The highest BCUT2D eigenvalue weighted by atomic mass is 16.5. The number of anilines is 1. The fraction of sp³-hybridized carbons (Fsp3) is 0.267. The van der Waals surface area contributed by atoms with Crippen molar-refractivity contribution in [3.8, 4) is 5.75 Å². The molecule has 7 heteroatoms. The Morgan fingerprint density at radius 2 is 2.14 bits per heavy atom. The van der Waals surface area contributed by atoms with Crippen LogP contribution in [0.5, 0.6) is 5.75 Å². The van der Waals surface area contributed by atoms with Gasteiger partial charge in [0.05, 0.1) is 12.2 Å². The molecule has 1 N–H and O–H groups in total. The minimum Gasteiger partial charge on any atom is -0.484 e. The fourth-order valence-corrected chi connectivity index (χ4v) is 1.68. The molecular weight excluding hydrogens is 288 g/mol. The van der Waals surface area contributed by atoms with E-state index in [0.717, 1.165) is 0 Å². The number of hydrogen-bond acceptors (Lipinski definition) is 6. The molecule has 0 unspecified atom stereocenters. The molecule has 0 aliphatic heterocycles. The highest BCUT2D eigenvalue weighted by molar-refractivity contribution is 5.91. The van der Waals surface area contributed by atoms with E-state index in [4.69, 9.17) is 14.0 Å². The molecule has 0 saturated carbocycles. The van der Waals surface area contributed by atoms with Gasteiger partial charge in [-0.3, -0.25) is 4.79 Å². The molecule has 2 rings (SSSR count). The van der Waals surface area contributed by atoms with E-state index in [2.05, 4.69) is 10.5 Å². The van der Waals surface area contributed by atoms with Crippen LogP contribution < -0.4 is 10.1 Å². The van der Waals surface area contributed by atoms with Gasteiger partial charge in [0.25, 0.3) is 5.91 Å². The third kappa shape index (κ3) is 4.34. The first-order valence-electron chi connectivity index (χ1n) is 6.71. The Balaban J connectivity index is 1.89. The van der Waals surface area contributed by atoms with Crippen LogP contribution >= 0.6 is 0 Å². The van der Waals surface area contributed by atoms with Crippen molar-refractivity contribution >= 4 is 17.7 Å². The number of nitrogens with zero attached hydrogens (tertiary/aromatic N) is 1. The van der Waals surface area contributed by atoms with E-state index in [1.54, 1.807) is 38.1 Å². The van der Waals surface area contributed by atoms with E-state index in [1.807, 2.05) is 0 Å². The molecular formula is C15H16N2O5. The van der Waals surface area contributed by atoms with E-state index in [1.165, 1.54) is 6.07 Å². The summed E-state index contributed by atoms with van der Waals surface area (Å²) in [5.41, 5.74) is 0.367. The molecule has 1 aromatic carbocycles. The SMILES string of the molecule is CCOC(=O)c1cccc(OCC(=O)Nc2cc(C)on2)c1. The second-order valence-corrected chi connectivity index (χ2v) is 4.41. The Labute approximate surface area is 127 Å². The van der Waals surface area contributed by atoms with Crippen molar-refractivity contribution in [3.05, 3.63) is 41.7 Å². The smallest absolute Gasteiger partial charge is 0.338 e. The maximum Gasteiger partial charge on any atom is 0.338 e. The van der Waals surface area contributed by atoms with Crippen molar-refractivity contribution in [2.45, 2.75) is 13.8 Å². The lowest BCUT2D eigenvalue weighted by Crippen LogP contribution is -2.20.